The highest BCUT2D eigenvalue weighted by Crippen LogP contribution is 2.33. The Morgan fingerprint density at radius 3 is 2.70 bits per heavy atom. The number of thiocarbonyl (C=S) groups is 1. The molecule has 0 aromatic heterocycles. The molecule has 1 heterocycles. The quantitative estimate of drug-likeness (QED) is 0.289. The molecule has 0 atom stereocenters. The van der Waals surface area contributed by atoms with Crippen molar-refractivity contribution in [1.29, 1.82) is 0 Å². The number of hydrogen-bond donors (Lipinski definition) is 1. The fraction of sp³-hybridized carbons (Fsp3) is 0.190. The Morgan fingerprint density at radius 2 is 1.97 bits per heavy atom. The van der Waals surface area contributed by atoms with Gasteiger partial charge in [0.1, 0.15) is 4.32 Å². The Kier molecular flexibility index (Phi) is 7.31. The number of nitro benzene ring substituents is 1. The van der Waals surface area contributed by atoms with Crippen molar-refractivity contribution in [3.05, 3.63) is 80.7 Å². The maximum atomic E-state index is 12.6. The summed E-state index contributed by atoms with van der Waals surface area (Å²) in [6, 6.07) is 15.7. The molecule has 154 valence electrons. The van der Waals surface area contributed by atoms with Gasteiger partial charge in [0.2, 0.25) is 5.91 Å². The fourth-order valence-electron chi connectivity index (χ4n) is 2.85. The summed E-state index contributed by atoms with van der Waals surface area (Å²) in [4.78, 5) is 37.0. The van der Waals surface area contributed by atoms with Gasteiger partial charge in [-0.05, 0) is 23.6 Å². The molecule has 1 fully saturated rings. The first-order valence-corrected chi connectivity index (χ1v) is 10.5. The van der Waals surface area contributed by atoms with E-state index in [1.54, 1.807) is 18.2 Å². The van der Waals surface area contributed by atoms with Gasteiger partial charge in [0.25, 0.3) is 11.6 Å². The molecule has 1 aliphatic heterocycles. The van der Waals surface area contributed by atoms with Crippen LogP contribution in [0.15, 0.2) is 59.5 Å². The zero-order valence-corrected chi connectivity index (χ0v) is 17.6. The van der Waals surface area contributed by atoms with E-state index in [-0.39, 0.29) is 23.9 Å². The summed E-state index contributed by atoms with van der Waals surface area (Å²) in [5, 5.41) is 13.8. The van der Waals surface area contributed by atoms with Crippen molar-refractivity contribution in [2.45, 2.75) is 19.4 Å². The maximum Gasteiger partial charge on any atom is 0.270 e. The lowest BCUT2D eigenvalue weighted by molar-refractivity contribution is -0.384. The third-order valence-corrected chi connectivity index (χ3v) is 5.75. The van der Waals surface area contributed by atoms with Gasteiger partial charge in [-0.2, -0.15) is 0 Å². The van der Waals surface area contributed by atoms with Crippen LogP contribution in [-0.2, 0) is 16.1 Å². The van der Waals surface area contributed by atoms with Crippen molar-refractivity contribution >= 4 is 51.9 Å². The van der Waals surface area contributed by atoms with Crippen molar-refractivity contribution in [3.8, 4) is 0 Å². The van der Waals surface area contributed by atoms with Gasteiger partial charge in [0.15, 0.2) is 0 Å². The molecule has 2 aromatic rings. The van der Waals surface area contributed by atoms with Crippen LogP contribution in [0.4, 0.5) is 5.69 Å². The van der Waals surface area contributed by atoms with E-state index < -0.39 is 4.92 Å². The van der Waals surface area contributed by atoms with Gasteiger partial charge in [-0.15, -0.1) is 0 Å². The first-order valence-electron chi connectivity index (χ1n) is 9.24. The van der Waals surface area contributed by atoms with Crippen LogP contribution in [0.5, 0.6) is 0 Å². The molecule has 0 bridgehead atoms. The summed E-state index contributed by atoms with van der Waals surface area (Å²) in [6.45, 7) is 0.808. The van der Waals surface area contributed by atoms with Crippen LogP contribution < -0.4 is 5.32 Å². The summed E-state index contributed by atoms with van der Waals surface area (Å²) < 4.78 is 0.418. The Balaban J connectivity index is 1.52. The molecule has 0 aliphatic carbocycles. The summed E-state index contributed by atoms with van der Waals surface area (Å²) in [5.74, 6) is -0.336. The van der Waals surface area contributed by atoms with Gasteiger partial charge in [0.05, 0.1) is 9.83 Å². The maximum absolute atomic E-state index is 12.6. The number of amides is 2. The molecular formula is C21H19N3O4S2. The van der Waals surface area contributed by atoms with Gasteiger partial charge < -0.3 is 5.32 Å². The number of nitrogens with zero attached hydrogens (tertiary/aromatic N) is 2. The third kappa shape index (κ3) is 5.74. The number of carbonyl (C=O) groups is 2. The predicted molar refractivity (Wildman–Crippen MR) is 120 cm³/mol. The summed E-state index contributed by atoms with van der Waals surface area (Å²) >= 11 is 6.45. The van der Waals surface area contributed by atoms with E-state index in [1.807, 2.05) is 30.3 Å². The van der Waals surface area contributed by atoms with Crippen molar-refractivity contribution in [2.75, 3.05) is 6.54 Å². The molecule has 9 heteroatoms. The molecular weight excluding hydrogens is 422 g/mol. The summed E-state index contributed by atoms with van der Waals surface area (Å²) in [5.41, 5.74) is 1.54. The molecule has 0 radical (unpaired) electrons. The standard InChI is InChI=1S/C21H19N3O4S2/c25-19(22-14-15-6-2-1-3-7-15)10-5-11-23-20(26)18(30-21(23)29)13-16-8-4-9-17(12-16)24(27)28/h1-4,6-9,12-13H,5,10-11,14H2,(H,22,25)/b18-13-. The topological polar surface area (TPSA) is 92.5 Å². The fourth-order valence-corrected chi connectivity index (χ4v) is 4.16. The van der Waals surface area contributed by atoms with E-state index in [1.165, 1.54) is 17.0 Å². The largest absolute Gasteiger partial charge is 0.352 e. The molecule has 2 aromatic carbocycles. The lowest BCUT2D eigenvalue weighted by atomic mass is 10.2. The lowest BCUT2D eigenvalue weighted by Gasteiger charge is -2.14. The van der Waals surface area contributed by atoms with Crippen molar-refractivity contribution < 1.29 is 14.5 Å². The Labute approximate surface area is 183 Å². The number of nitro groups is 1. The van der Waals surface area contributed by atoms with Crippen LogP contribution in [0.3, 0.4) is 0 Å². The second-order valence-corrected chi connectivity index (χ2v) is 8.23. The van der Waals surface area contributed by atoms with Crippen LogP contribution >= 0.6 is 24.0 Å². The van der Waals surface area contributed by atoms with Gasteiger partial charge in [-0.3, -0.25) is 24.6 Å². The Bertz CT molecular complexity index is 1010. The molecule has 0 spiro atoms. The number of carbonyl (C=O) groups excluding carboxylic acids is 2. The zero-order valence-electron chi connectivity index (χ0n) is 15.9. The lowest BCUT2D eigenvalue weighted by Crippen LogP contribution is -2.30. The van der Waals surface area contributed by atoms with Crippen molar-refractivity contribution in [3.63, 3.8) is 0 Å². The molecule has 3 rings (SSSR count). The summed E-state index contributed by atoms with van der Waals surface area (Å²) in [6.07, 6.45) is 2.36. The second-order valence-electron chi connectivity index (χ2n) is 6.55. The SMILES string of the molecule is O=C(CCCN1C(=O)/C(=C/c2cccc([N+](=O)[O-])c2)SC1=S)NCc1ccccc1. The van der Waals surface area contributed by atoms with Crippen LogP contribution in [0.1, 0.15) is 24.0 Å². The monoisotopic (exact) mass is 441 g/mol. The highest BCUT2D eigenvalue weighted by Gasteiger charge is 2.31. The molecule has 30 heavy (non-hydrogen) atoms. The van der Waals surface area contributed by atoms with Crippen LogP contribution in [0.2, 0.25) is 0 Å². The summed E-state index contributed by atoms with van der Waals surface area (Å²) in [7, 11) is 0. The minimum absolute atomic E-state index is 0.0410. The number of non-ortho nitro benzene ring substituents is 1. The molecule has 1 saturated heterocycles. The molecule has 0 unspecified atom stereocenters. The number of rotatable bonds is 8. The van der Waals surface area contributed by atoms with E-state index in [0.29, 0.717) is 34.3 Å². The number of benzene rings is 2. The number of thioether (sulfide) groups is 1. The molecule has 7 nitrogen and oxygen atoms in total. The van der Waals surface area contributed by atoms with E-state index in [9.17, 15) is 19.7 Å². The van der Waals surface area contributed by atoms with Gasteiger partial charge in [-0.1, -0.05) is 66.4 Å². The minimum Gasteiger partial charge on any atom is -0.352 e. The van der Waals surface area contributed by atoms with Crippen LogP contribution in [0, 0.1) is 10.1 Å². The average molecular weight is 442 g/mol. The van der Waals surface area contributed by atoms with Gasteiger partial charge in [-0.25, -0.2) is 0 Å². The van der Waals surface area contributed by atoms with Gasteiger partial charge in [0, 0.05) is 31.6 Å². The molecule has 1 aliphatic rings. The Morgan fingerprint density at radius 1 is 1.20 bits per heavy atom. The minimum atomic E-state index is -0.481. The van der Waals surface area contributed by atoms with Crippen molar-refractivity contribution in [2.24, 2.45) is 0 Å². The molecule has 2 amide bonds. The highest BCUT2D eigenvalue weighted by molar-refractivity contribution is 8.26. The van der Waals surface area contributed by atoms with Crippen LogP contribution in [0.25, 0.3) is 6.08 Å². The number of nitrogens with one attached hydrogen (secondary N) is 1. The molecule has 1 N–H and O–H groups in total. The van der Waals surface area contributed by atoms with Gasteiger partial charge >= 0.3 is 0 Å². The second kappa shape index (κ2) is 10.1. The average Bonchev–Trinajstić information content (AvgIpc) is 3.00. The predicted octanol–water partition coefficient (Wildman–Crippen LogP) is 3.89. The van der Waals surface area contributed by atoms with E-state index in [2.05, 4.69) is 5.32 Å². The smallest absolute Gasteiger partial charge is 0.270 e. The van der Waals surface area contributed by atoms with Crippen LogP contribution in [-0.4, -0.2) is 32.5 Å². The first kappa shape index (κ1) is 21.7. The molecule has 0 saturated carbocycles. The van der Waals surface area contributed by atoms with E-state index in [0.717, 1.165) is 17.3 Å². The Hall–Kier alpha value is -3.04. The van der Waals surface area contributed by atoms with E-state index in [4.69, 9.17) is 12.2 Å². The number of hydrogen-bond acceptors (Lipinski definition) is 6. The van der Waals surface area contributed by atoms with Crippen molar-refractivity contribution in [1.82, 2.24) is 10.2 Å². The zero-order chi connectivity index (χ0) is 21.5. The first-order chi connectivity index (χ1) is 14.4. The highest BCUT2D eigenvalue weighted by atomic mass is 32.2. The third-order valence-electron chi connectivity index (χ3n) is 4.37. The normalized spacial score (nSPS) is 14.9. The van der Waals surface area contributed by atoms with E-state index >= 15 is 0 Å².